The van der Waals surface area contributed by atoms with E-state index >= 15 is 0 Å². The molecule has 1 aromatic heterocycles. The van der Waals surface area contributed by atoms with Gasteiger partial charge in [-0.25, -0.2) is 0 Å². The lowest BCUT2D eigenvalue weighted by molar-refractivity contribution is 0.380. The third kappa shape index (κ3) is 1.85. The van der Waals surface area contributed by atoms with Crippen LogP contribution in [0.25, 0.3) is 11.4 Å². The lowest BCUT2D eigenvalue weighted by Gasteiger charge is -2.27. The maximum atomic E-state index is 5.48. The average Bonchev–Trinajstić information content (AvgIpc) is 2.76. The minimum Gasteiger partial charge on any atom is -0.338 e. The monoisotopic (exact) mass is 229 g/mol. The van der Waals surface area contributed by atoms with Crippen molar-refractivity contribution in [1.82, 2.24) is 10.1 Å². The predicted molar refractivity (Wildman–Crippen MR) is 64.2 cm³/mol. The number of benzene rings is 1. The summed E-state index contributed by atoms with van der Waals surface area (Å²) >= 11 is 0. The third-order valence-electron chi connectivity index (χ3n) is 3.39. The second-order valence-corrected chi connectivity index (χ2v) is 4.43. The Balaban J connectivity index is 2.01. The normalized spacial score (nSPS) is 15.8. The van der Waals surface area contributed by atoms with Crippen LogP contribution in [-0.2, 0) is 6.54 Å². The van der Waals surface area contributed by atoms with Gasteiger partial charge < -0.3 is 10.3 Å². The van der Waals surface area contributed by atoms with Crippen LogP contribution in [0, 0.1) is 0 Å². The first kappa shape index (κ1) is 10.5. The molecule has 2 aromatic rings. The lowest BCUT2D eigenvalue weighted by atomic mass is 9.78. The molecule has 1 aromatic carbocycles. The Hall–Kier alpha value is -1.68. The Morgan fingerprint density at radius 3 is 2.76 bits per heavy atom. The van der Waals surface area contributed by atoms with Crippen molar-refractivity contribution in [3.63, 3.8) is 0 Å². The summed E-state index contributed by atoms with van der Waals surface area (Å²) in [5, 5.41) is 3.99. The van der Waals surface area contributed by atoms with Crippen molar-refractivity contribution < 1.29 is 4.52 Å². The molecule has 3 rings (SSSR count). The quantitative estimate of drug-likeness (QED) is 0.878. The molecule has 0 unspecified atom stereocenters. The van der Waals surface area contributed by atoms with Crippen LogP contribution in [0.15, 0.2) is 28.8 Å². The number of nitrogens with two attached hydrogens (primary N) is 1. The van der Waals surface area contributed by atoms with Crippen LogP contribution in [-0.4, -0.2) is 10.1 Å². The van der Waals surface area contributed by atoms with E-state index in [-0.39, 0.29) is 0 Å². The molecule has 17 heavy (non-hydrogen) atoms. The van der Waals surface area contributed by atoms with Gasteiger partial charge in [0.2, 0.25) is 11.7 Å². The minimum atomic E-state index is 0.290. The molecule has 0 saturated heterocycles. The van der Waals surface area contributed by atoms with E-state index in [1.807, 2.05) is 6.07 Å². The van der Waals surface area contributed by atoms with Crippen molar-refractivity contribution in [3.05, 3.63) is 35.7 Å². The molecular formula is C13H15N3O. The maximum absolute atomic E-state index is 5.48. The van der Waals surface area contributed by atoms with E-state index in [4.69, 9.17) is 10.3 Å². The second-order valence-electron chi connectivity index (χ2n) is 4.43. The van der Waals surface area contributed by atoms with E-state index in [1.165, 1.54) is 24.8 Å². The highest BCUT2D eigenvalue weighted by Gasteiger charge is 2.23. The van der Waals surface area contributed by atoms with Crippen LogP contribution in [0.5, 0.6) is 0 Å². The highest BCUT2D eigenvalue weighted by molar-refractivity contribution is 5.61. The van der Waals surface area contributed by atoms with Crippen molar-refractivity contribution in [3.8, 4) is 11.4 Å². The summed E-state index contributed by atoms with van der Waals surface area (Å²) in [6.07, 6.45) is 3.84. The van der Waals surface area contributed by atoms with Gasteiger partial charge in [-0.1, -0.05) is 35.8 Å². The van der Waals surface area contributed by atoms with E-state index in [0.29, 0.717) is 24.2 Å². The van der Waals surface area contributed by atoms with E-state index in [9.17, 15) is 0 Å². The molecule has 1 aliphatic carbocycles. The van der Waals surface area contributed by atoms with Gasteiger partial charge in [-0.3, -0.25) is 0 Å². The Bertz CT molecular complexity index is 517. The molecule has 1 fully saturated rings. The molecule has 0 aliphatic heterocycles. The number of nitrogens with zero attached hydrogens (tertiary/aromatic N) is 2. The zero-order valence-corrected chi connectivity index (χ0v) is 9.60. The Morgan fingerprint density at radius 2 is 2.12 bits per heavy atom. The first-order valence-corrected chi connectivity index (χ1v) is 6.00. The molecule has 2 N–H and O–H groups in total. The van der Waals surface area contributed by atoms with E-state index in [1.54, 1.807) is 0 Å². The van der Waals surface area contributed by atoms with Gasteiger partial charge in [0, 0.05) is 5.56 Å². The minimum absolute atomic E-state index is 0.290. The molecule has 1 saturated carbocycles. The summed E-state index contributed by atoms with van der Waals surface area (Å²) in [6.45, 7) is 0.290. The van der Waals surface area contributed by atoms with Gasteiger partial charge in [0.25, 0.3) is 0 Å². The molecule has 88 valence electrons. The van der Waals surface area contributed by atoms with Crippen LogP contribution in [0.4, 0.5) is 0 Å². The third-order valence-corrected chi connectivity index (χ3v) is 3.39. The summed E-state index contributed by atoms with van der Waals surface area (Å²) < 4.78 is 5.07. The van der Waals surface area contributed by atoms with Gasteiger partial charge >= 0.3 is 0 Å². The smallest absolute Gasteiger partial charge is 0.240 e. The summed E-state index contributed by atoms with van der Waals surface area (Å²) in [7, 11) is 0. The Kier molecular flexibility index (Phi) is 2.65. The molecule has 1 heterocycles. The van der Waals surface area contributed by atoms with Crippen LogP contribution >= 0.6 is 0 Å². The summed E-state index contributed by atoms with van der Waals surface area (Å²) in [5.74, 6) is 1.81. The first-order valence-electron chi connectivity index (χ1n) is 6.00. The average molecular weight is 229 g/mol. The van der Waals surface area contributed by atoms with Crippen molar-refractivity contribution in [2.45, 2.75) is 31.7 Å². The largest absolute Gasteiger partial charge is 0.338 e. The number of rotatable bonds is 3. The van der Waals surface area contributed by atoms with E-state index < -0.39 is 0 Å². The van der Waals surface area contributed by atoms with Crippen molar-refractivity contribution in [1.29, 1.82) is 0 Å². The fourth-order valence-corrected chi connectivity index (χ4v) is 2.22. The molecule has 4 nitrogen and oxygen atoms in total. The molecule has 1 aliphatic rings. The van der Waals surface area contributed by atoms with Crippen LogP contribution in [0.3, 0.4) is 0 Å². The highest BCUT2D eigenvalue weighted by Crippen LogP contribution is 2.40. The van der Waals surface area contributed by atoms with E-state index in [2.05, 4.69) is 28.3 Å². The van der Waals surface area contributed by atoms with Gasteiger partial charge in [0.15, 0.2) is 0 Å². The van der Waals surface area contributed by atoms with Crippen molar-refractivity contribution in [2.24, 2.45) is 5.73 Å². The Labute approximate surface area is 99.8 Å². The van der Waals surface area contributed by atoms with Gasteiger partial charge in [-0.15, -0.1) is 0 Å². The summed E-state index contributed by atoms with van der Waals surface area (Å²) in [5.41, 5.74) is 7.90. The first-order chi connectivity index (χ1) is 8.38. The van der Waals surface area contributed by atoms with Crippen molar-refractivity contribution >= 4 is 0 Å². The molecule has 0 atom stereocenters. The molecule has 0 radical (unpaired) electrons. The molecular weight excluding hydrogens is 214 g/mol. The summed E-state index contributed by atoms with van der Waals surface area (Å²) in [4.78, 5) is 4.30. The van der Waals surface area contributed by atoms with Gasteiger partial charge in [-0.2, -0.15) is 4.98 Å². The topological polar surface area (TPSA) is 64.9 Å². The Morgan fingerprint density at radius 1 is 1.29 bits per heavy atom. The number of hydrogen-bond acceptors (Lipinski definition) is 4. The lowest BCUT2D eigenvalue weighted by Crippen LogP contribution is -2.10. The van der Waals surface area contributed by atoms with Crippen molar-refractivity contribution in [2.75, 3.05) is 0 Å². The van der Waals surface area contributed by atoms with Gasteiger partial charge in [0.1, 0.15) is 0 Å². The van der Waals surface area contributed by atoms with Gasteiger partial charge in [0.05, 0.1) is 6.54 Å². The number of aromatic nitrogens is 2. The summed E-state index contributed by atoms with van der Waals surface area (Å²) in [6, 6.07) is 8.30. The zero-order chi connectivity index (χ0) is 11.7. The number of hydrogen-bond donors (Lipinski definition) is 1. The van der Waals surface area contributed by atoms with Crippen LogP contribution in [0.2, 0.25) is 0 Å². The van der Waals surface area contributed by atoms with Crippen LogP contribution in [0.1, 0.15) is 36.6 Å². The standard InChI is InChI=1S/C13H15N3O/c14-8-12-15-13(16-17-12)11-7-2-1-6-10(11)9-4-3-5-9/h1-2,6-7,9H,3-5,8,14H2. The molecule has 4 heteroatoms. The van der Waals surface area contributed by atoms with E-state index in [0.717, 1.165) is 5.56 Å². The fourth-order valence-electron chi connectivity index (χ4n) is 2.22. The fraction of sp³-hybridized carbons (Fsp3) is 0.385. The maximum Gasteiger partial charge on any atom is 0.240 e. The van der Waals surface area contributed by atoms with Crippen LogP contribution < -0.4 is 5.73 Å². The molecule has 0 bridgehead atoms. The zero-order valence-electron chi connectivity index (χ0n) is 9.60. The SMILES string of the molecule is NCc1nc(-c2ccccc2C2CCC2)no1. The molecule has 0 spiro atoms. The highest BCUT2D eigenvalue weighted by atomic mass is 16.5. The second kappa shape index (κ2) is 4.30. The molecule has 0 amide bonds. The van der Waals surface area contributed by atoms with Gasteiger partial charge in [-0.05, 0) is 24.3 Å². The predicted octanol–water partition coefficient (Wildman–Crippen LogP) is 2.46.